The molecule has 4 aromatic rings. The minimum absolute atomic E-state index is 0.138. The molecule has 4 aromatic carbocycles. The van der Waals surface area contributed by atoms with E-state index in [-0.39, 0.29) is 16.6 Å². The fraction of sp³-hybridized carbons (Fsp3) is 0.519. The van der Waals surface area contributed by atoms with Crippen LogP contribution in [-0.4, -0.2) is 35.7 Å². The summed E-state index contributed by atoms with van der Waals surface area (Å²) in [4.78, 5) is 5.27. The Morgan fingerprint density at radius 2 is 1.04 bits per heavy atom. The van der Waals surface area contributed by atoms with Crippen molar-refractivity contribution in [3.63, 3.8) is 0 Å². The number of hydrogen-bond donors (Lipinski definition) is 2. The predicted octanol–water partition coefficient (Wildman–Crippen LogP) is 13.4. The van der Waals surface area contributed by atoms with Gasteiger partial charge in [-0.2, -0.15) is 0 Å². The highest BCUT2D eigenvalue weighted by atomic mass is 16.5. The lowest BCUT2D eigenvalue weighted by Crippen LogP contribution is -2.42. The lowest BCUT2D eigenvalue weighted by atomic mass is 9.73. The van der Waals surface area contributed by atoms with Crippen molar-refractivity contribution in [3.8, 4) is 17.2 Å². The van der Waals surface area contributed by atoms with Crippen LogP contribution < -0.4 is 9.47 Å². The molecule has 0 spiro atoms. The van der Waals surface area contributed by atoms with E-state index in [9.17, 15) is 10.2 Å². The third kappa shape index (κ3) is 13.5. The molecule has 0 unspecified atom stereocenters. The van der Waals surface area contributed by atoms with Crippen molar-refractivity contribution in [2.24, 2.45) is 4.99 Å². The Morgan fingerprint density at radius 3 is 1.51 bits per heavy atom. The Morgan fingerprint density at radius 1 is 0.579 bits per heavy atom. The van der Waals surface area contributed by atoms with Crippen molar-refractivity contribution in [2.45, 2.75) is 161 Å². The number of phenolic OH excluding ortho intramolecular Hbond substituents is 1. The second kappa shape index (κ2) is 22.2. The van der Waals surface area contributed by atoms with Crippen LogP contribution >= 0.6 is 0 Å². The number of para-hydroxylation sites is 1. The average molecular weight is 776 g/mol. The van der Waals surface area contributed by atoms with E-state index < -0.39 is 11.6 Å². The Labute approximate surface area is 346 Å². The zero-order valence-electron chi connectivity index (χ0n) is 36.6. The molecule has 0 saturated heterocycles. The summed E-state index contributed by atoms with van der Waals surface area (Å²) in [6.07, 6.45) is 16.0. The first-order valence-corrected chi connectivity index (χ1v) is 21.9. The quantitative estimate of drug-likeness (QED) is 0.0581. The number of unbranched alkanes of at least 4 members (excludes halogenated alkanes) is 10. The van der Waals surface area contributed by atoms with Gasteiger partial charge in [-0.05, 0) is 83.2 Å². The second-order valence-corrected chi connectivity index (χ2v) is 18.0. The summed E-state index contributed by atoms with van der Waals surface area (Å²) in [5.74, 6) is 1.44. The summed E-state index contributed by atoms with van der Waals surface area (Å²) in [5, 5.41) is 25.1. The molecular weight excluding hydrogens is 703 g/mol. The van der Waals surface area contributed by atoms with E-state index in [1.807, 2.05) is 30.3 Å². The minimum Gasteiger partial charge on any atom is -0.507 e. The van der Waals surface area contributed by atoms with Gasteiger partial charge in [0.1, 0.15) is 22.8 Å². The monoisotopic (exact) mass is 776 g/mol. The second-order valence-electron chi connectivity index (χ2n) is 18.0. The molecule has 2 N–H and O–H groups in total. The van der Waals surface area contributed by atoms with E-state index in [2.05, 4.69) is 104 Å². The first kappa shape index (κ1) is 45.6. The normalized spacial score (nSPS) is 12.9. The van der Waals surface area contributed by atoms with Gasteiger partial charge in [-0.3, -0.25) is 4.99 Å². The third-order valence-corrected chi connectivity index (χ3v) is 11.1. The Balaban J connectivity index is 1.98. The van der Waals surface area contributed by atoms with Gasteiger partial charge in [-0.1, -0.05) is 174 Å². The van der Waals surface area contributed by atoms with Crippen LogP contribution in [0.3, 0.4) is 0 Å². The van der Waals surface area contributed by atoms with Gasteiger partial charge in [0.2, 0.25) is 0 Å². The number of phenols is 1. The van der Waals surface area contributed by atoms with Gasteiger partial charge in [-0.15, -0.1) is 0 Å². The maximum absolute atomic E-state index is 14.2. The molecule has 0 radical (unpaired) electrons. The van der Waals surface area contributed by atoms with E-state index >= 15 is 0 Å². The zero-order valence-corrected chi connectivity index (χ0v) is 36.6. The number of benzene rings is 4. The Kier molecular flexibility index (Phi) is 17.7. The maximum atomic E-state index is 14.2. The molecule has 0 aromatic heterocycles. The van der Waals surface area contributed by atoms with Crippen LogP contribution in [0.4, 0.5) is 0 Å². The Hall–Kier alpha value is -4.09. The number of nitrogens with zero attached hydrogens (tertiary/aromatic N) is 1. The number of ether oxygens (including phenoxy) is 2. The molecule has 0 amide bonds. The molecular formula is C52H73NO4. The summed E-state index contributed by atoms with van der Waals surface area (Å²) in [6.45, 7) is 18.8. The fourth-order valence-electron chi connectivity index (χ4n) is 7.39. The van der Waals surface area contributed by atoms with Crippen molar-refractivity contribution in [2.75, 3.05) is 13.2 Å². The van der Waals surface area contributed by atoms with Crippen molar-refractivity contribution in [1.29, 1.82) is 0 Å². The van der Waals surface area contributed by atoms with Gasteiger partial charge in [-0.25, -0.2) is 0 Å². The van der Waals surface area contributed by atoms with E-state index in [1.165, 1.54) is 51.4 Å². The number of aromatic hydroxyl groups is 1. The van der Waals surface area contributed by atoms with Crippen LogP contribution in [-0.2, 0) is 22.9 Å². The van der Waals surface area contributed by atoms with Gasteiger partial charge in [0, 0.05) is 22.9 Å². The molecule has 1 atom stereocenters. The summed E-state index contributed by atoms with van der Waals surface area (Å²) >= 11 is 0. The number of rotatable bonds is 23. The van der Waals surface area contributed by atoms with Gasteiger partial charge in [0.25, 0.3) is 0 Å². The largest absolute Gasteiger partial charge is 0.507 e. The smallest absolute Gasteiger partial charge is 0.144 e. The zero-order chi connectivity index (χ0) is 41.3. The summed E-state index contributed by atoms with van der Waals surface area (Å²) in [5.41, 5.74) is 3.03. The van der Waals surface area contributed by atoms with E-state index in [1.54, 1.807) is 18.3 Å². The minimum atomic E-state index is -1.72. The Bertz CT molecular complexity index is 1720. The van der Waals surface area contributed by atoms with Gasteiger partial charge >= 0.3 is 0 Å². The topological polar surface area (TPSA) is 71.3 Å². The lowest BCUT2D eigenvalue weighted by molar-refractivity contribution is 0.0460. The number of hydrogen-bond acceptors (Lipinski definition) is 5. The van der Waals surface area contributed by atoms with Crippen molar-refractivity contribution >= 4 is 6.21 Å². The molecule has 0 aliphatic carbocycles. The summed E-state index contributed by atoms with van der Waals surface area (Å²) < 4.78 is 13.5. The SMILES string of the molecule is CCCCCCCCOc1ccc(C(C)(C)C)cc1C(O)(c1cc(C(C)(C)C)ccc1OCCCCCCCC)[C@H](Cc1ccccc1)N=Cc1ccccc1O. The van der Waals surface area contributed by atoms with Crippen LogP contribution in [0, 0.1) is 0 Å². The average Bonchev–Trinajstić information content (AvgIpc) is 3.18. The highest BCUT2D eigenvalue weighted by Crippen LogP contribution is 2.47. The van der Waals surface area contributed by atoms with E-state index in [0.717, 1.165) is 42.4 Å². The van der Waals surface area contributed by atoms with Crippen LogP contribution in [0.25, 0.3) is 0 Å². The molecule has 5 nitrogen and oxygen atoms in total. The molecule has 0 fully saturated rings. The first-order valence-electron chi connectivity index (χ1n) is 21.9. The molecule has 0 bridgehead atoms. The van der Waals surface area contributed by atoms with Crippen molar-refractivity contribution in [3.05, 3.63) is 124 Å². The molecule has 0 heterocycles. The van der Waals surface area contributed by atoms with Gasteiger partial charge < -0.3 is 19.7 Å². The van der Waals surface area contributed by atoms with Crippen molar-refractivity contribution < 1.29 is 19.7 Å². The first-order chi connectivity index (χ1) is 27.3. The van der Waals surface area contributed by atoms with Crippen molar-refractivity contribution in [1.82, 2.24) is 0 Å². The number of aliphatic imine (C=N–C) groups is 1. The fourth-order valence-corrected chi connectivity index (χ4v) is 7.39. The molecule has 57 heavy (non-hydrogen) atoms. The molecule has 310 valence electrons. The highest BCUT2D eigenvalue weighted by Gasteiger charge is 2.45. The molecule has 0 aliphatic heterocycles. The van der Waals surface area contributed by atoms with Gasteiger partial charge in [0.15, 0.2) is 0 Å². The van der Waals surface area contributed by atoms with Crippen LogP contribution in [0.2, 0.25) is 0 Å². The molecule has 0 saturated carbocycles. The predicted molar refractivity (Wildman–Crippen MR) is 241 cm³/mol. The maximum Gasteiger partial charge on any atom is 0.144 e. The third-order valence-electron chi connectivity index (χ3n) is 11.1. The molecule has 0 aliphatic rings. The summed E-state index contributed by atoms with van der Waals surface area (Å²) in [7, 11) is 0. The molecule has 5 heteroatoms. The summed E-state index contributed by atoms with van der Waals surface area (Å²) in [6, 6.07) is 29.4. The van der Waals surface area contributed by atoms with E-state index in [4.69, 9.17) is 14.5 Å². The van der Waals surface area contributed by atoms with Crippen LogP contribution in [0.5, 0.6) is 17.2 Å². The van der Waals surface area contributed by atoms with Crippen LogP contribution in [0.15, 0.2) is 96.0 Å². The number of aliphatic hydroxyl groups is 1. The molecule has 4 rings (SSSR count). The van der Waals surface area contributed by atoms with Gasteiger partial charge in [0.05, 0.1) is 19.3 Å². The lowest BCUT2D eigenvalue weighted by Gasteiger charge is -2.39. The highest BCUT2D eigenvalue weighted by molar-refractivity contribution is 5.83. The van der Waals surface area contributed by atoms with Crippen LogP contribution in [0.1, 0.15) is 166 Å². The standard InChI is InChI=1S/C52H73NO4/c1-9-11-13-15-17-24-34-56-47-32-30-42(50(3,4)5)37-44(47)52(55,49(36-40-26-20-19-21-27-40)53-39-41-28-22-23-29-46(41)54)45-38-43(51(6,7)8)31-33-48(45)57-35-25-18-16-14-12-10-2/h19-23,26-33,37-39,49,54-55H,9-18,24-25,34-36H2,1-8H3/t49-/m0/s1. The van der Waals surface area contributed by atoms with E-state index in [0.29, 0.717) is 47.8 Å².